The monoisotopic (exact) mass is 284 g/mol. The second kappa shape index (κ2) is 10.9. The fourth-order valence-electron chi connectivity index (χ4n) is 0.692. The Morgan fingerprint density at radius 1 is 1.42 bits per heavy atom. The minimum absolute atomic E-state index is 0. The molecule has 0 radical (unpaired) electrons. The highest BCUT2D eigenvalue weighted by molar-refractivity contribution is 14.0. The molecular formula is C9H17IO2. The number of rotatable bonds is 5. The fourth-order valence-corrected chi connectivity index (χ4v) is 0.692. The Hall–Kier alpha value is -0.0600. The molecule has 2 nitrogen and oxygen atoms in total. The summed E-state index contributed by atoms with van der Waals surface area (Å²) in [6, 6.07) is 0. The van der Waals surface area contributed by atoms with E-state index in [0.717, 1.165) is 19.3 Å². The maximum atomic E-state index is 10.7. The molecule has 0 heterocycles. The van der Waals surface area contributed by atoms with Gasteiger partial charge < -0.3 is 4.74 Å². The van der Waals surface area contributed by atoms with Crippen molar-refractivity contribution < 1.29 is 9.53 Å². The highest BCUT2D eigenvalue weighted by Crippen LogP contribution is 1.94. The van der Waals surface area contributed by atoms with Gasteiger partial charge in [-0.15, -0.1) is 24.0 Å². The second-order valence-corrected chi connectivity index (χ2v) is 2.30. The molecule has 0 aliphatic carbocycles. The summed E-state index contributed by atoms with van der Waals surface area (Å²) in [5.41, 5.74) is 0. The molecule has 0 rings (SSSR count). The zero-order valence-electron chi connectivity index (χ0n) is 7.71. The Bertz CT molecular complexity index is 132. The van der Waals surface area contributed by atoms with E-state index in [1.807, 2.05) is 6.08 Å². The van der Waals surface area contributed by atoms with Crippen LogP contribution in [0, 0.1) is 0 Å². The Balaban J connectivity index is 0. The van der Waals surface area contributed by atoms with Gasteiger partial charge in [0.25, 0.3) is 0 Å². The number of unbranched alkanes of at least 4 members (excludes halogenated alkanes) is 2. The standard InChI is InChI=1S/C9H16O2.HI/c1-3-5-6-7-8-9(10)11-4-2;/h7-8H,3-6H2,1-2H3;1H/b8-7+;. The molecule has 0 N–H and O–H groups in total. The van der Waals surface area contributed by atoms with Gasteiger partial charge in [0, 0.05) is 6.08 Å². The molecule has 0 spiro atoms. The third-order valence-electron chi connectivity index (χ3n) is 1.26. The number of hydrogen-bond donors (Lipinski definition) is 0. The molecule has 72 valence electrons. The first-order valence-electron chi connectivity index (χ1n) is 4.14. The zero-order valence-corrected chi connectivity index (χ0v) is 10.0. The van der Waals surface area contributed by atoms with Crippen LogP contribution in [0.15, 0.2) is 12.2 Å². The van der Waals surface area contributed by atoms with Gasteiger partial charge in [0.05, 0.1) is 6.61 Å². The summed E-state index contributed by atoms with van der Waals surface area (Å²) in [6.45, 7) is 4.38. The Morgan fingerprint density at radius 3 is 2.58 bits per heavy atom. The molecule has 0 saturated heterocycles. The van der Waals surface area contributed by atoms with Gasteiger partial charge in [0.1, 0.15) is 0 Å². The summed E-state index contributed by atoms with van der Waals surface area (Å²) < 4.78 is 4.70. The quantitative estimate of drug-likeness (QED) is 0.336. The topological polar surface area (TPSA) is 26.3 Å². The SMILES string of the molecule is CCCC/C=C/C(=O)OCC.I. The van der Waals surface area contributed by atoms with Gasteiger partial charge in [-0.1, -0.05) is 25.8 Å². The molecule has 0 unspecified atom stereocenters. The van der Waals surface area contributed by atoms with E-state index in [1.54, 1.807) is 6.92 Å². The van der Waals surface area contributed by atoms with Crippen LogP contribution in [0.4, 0.5) is 0 Å². The normalized spacial score (nSPS) is 9.50. The Morgan fingerprint density at radius 2 is 2.08 bits per heavy atom. The lowest BCUT2D eigenvalue weighted by atomic mass is 10.2. The van der Waals surface area contributed by atoms with Crippen molar-refractivity contribution in [3.8, 4) is 0 Å². The van der Waals surface area contributed by atoms with Gasteiger partial charge in [0.15, 0.2) is 0 Å². The van der Waals surface area contributed by atoms with Crippen molar-refractivity contribution in [1.82, 2.24) is 0 Å². The van der Waals surface area contributed by atoms with Crippen molar-refractivity contribution in [3.05, 3.63) is 12.2 Å². The van der Waals surface area contributed by atoms with E-state index in [1.165, 1.54) is 6.08 Å². The number of ether oxygens (including phenoxy) is 1. The maximum Gasteiger partial charge on any atom is 0.330 e. The molecule has 0 aromatic heterocycles. The van der Waals surface area contributed by atoms with Crippen LogP contribution in [0.3, 0.4) is 0 Å². The highest BCUT2D eigenvalue weighted by Gasteiger charge is 1.90. The molecule has 0 saturated carbocycles. The molecule has 0 aromatic carbocycles. The first-order valence-corrected chi connectivity index (χ1v) is 4.14. The lowest BCUT2D eigenvalue weighted by Gasteiger charge is -1.93. The van der Waals surface area contributed by atoms with Crippen LogP contribution >= 0.6 is 24.0 Å². The number of carbonyl (C=O) groups excluding carboxylic acids is 1. The zero-order chi connectivity index (χ0) is 8.53. The third kappa shape index (κ3) is 9.94. The van der Waals surface area contributed by atoms with E-state index in [-0.39, 0.29) is 29.9 Å². The fraction of sp³-hybridized carbons (Fsp3) is 0.667. The van der Waals surface area contributed by atoms with Gasteiger partial charge in [-0.05, 0) is 13.3 Å². The van der Waals surface area contributed by atoms with E-state index >= 15 is 0 Å². The Kier molecular flexibility index (Phi) is 13.2. The predicted octanol–water partition coefficient (Wildman–Crippen LogP) is 2.91. The smallest absolute Gasteiger partial charge is 0.330 e. The van der Waals surface area contributed by atoms with E-state index in [0.29, 0.717) is 6.61 Å². The summed E-state index contributed by atoms with van der Waals surface area (Å²) in [7, 11) is 0. The highest BCUT2D eigenvalue weighted by atomic mass is 127. The van der Waals surface area contributed by atoms with E-state index in [4.69, 9.17) is 4.74 Å². The summed E-state index contributed by atoms with van der Waals surface area (Å²) in [5, 5.41) is 0. The average molecular weight is 284 g/mol. The van der Waals surface area contributed by atoms with Crippen LogP contribution in [-0.2, 0) is 9.53 Å². The number of allylic oxidation sites excluding steroid dienone is 1. The minimum atomic E-state index is -0.233. The number of hydrogen-bond acceptors (Lipinski definition) is 2. The first kappa shape index (κ1) is 14.5. The van der Waals surface area contributed by atoms with Gasteiger partial charge in [0.2, 0.25) is 0 Å². The van der Waals surface area contributed by atoms with E-state index in [2.05, 4.69) is 6.92 Å². The van der Waals surface area contributed by atoms with Crippen LogP contribution in [0.5, 0.6) is 0 Å². The molecule has 0 aliphatic rings. The van der Waals surface area contributed by atoms with Gasteiger partial charge in [-0.2, -0.15) is 0 Å². The van der Waals surface area contributed by atoms with Crippen molar-refractivity contribution in [1.29, 1.82) is 0 Å². The molecule has 12 heavy (non-hydrogen) atoms. The van der Waals surface area contributed by atoms with Crippen LogP contribution in [-0.4, -0.2) is 12.6 Å². The maximum absolute atomic E-state index is 10.7. The lowest BCUT2D eigenvalue weighted by molar-refractivity contribution is -0.137. The summed E-state index contributed by atoms with van der Waals surface area (Å²) in [5.74, 6) is -0.233. The van der Waals surface area contributed by atoms with Crippen molar-refractivity contribution in [2.75, 3.05) is 6.61 Å². The van der Waals surface area contributed by atoms with Crippen molar-refractivity contribution in [2.45, 2.75) is 33.1 Å². The van der Waals surface area contributed by atoms with Gasteiger partial charge in [-0.3, -0.25) is 0 Å². The van der Waals surface area contributed by atoms with E-state index < -0.39 is 0 Å². The molecule has 0 fully saturated rings. The molecule has 0 aromatic rings. The summed E-state index contributed by atoms with van der Waals surface area (Å²) >= 11 is 0. The van der Waals surface area contributed by atoms with Crippen LogP contribution in [0.2, 0.25) is 0 Å². The lowest BCUT2D eigenvalue weighted by Crippen LogP contribution is -1.98. The van der Waals surface area contributed by atoms with Crippen molar-refractivity contribution in [2.24, 2.45) is 0 Å². The largest absolute Gasteiger partial charge is 0.463 e. The van der Waals surface area contributed by atoms with Crippen molar-refractivity contribution in [3.63, 3.8) is 0 Å². The predicted molar refractivity (Wildman–Crippen MR) is 60.7 cm³/mol. The number of halogens is 1. The van der Waals surface area contributed by atoms with Crippen LogP contribution in [0.1, 0.15) is 33.1 Å². The number of esters is 1. The minimum Gasteiger partial charge on any atom is -0.463 e. The second-order valence-electron chi connectivity index (χ2n) is 2.30. The molecular weight excluding hydrogens is 267 g/mol. The van der Waals surface area contributed by atoms with Crippen LogP contribution < -0.4 is 0 Å². The molecule has 0 bridgehead atoms. The third-order valence-corrected chi connectivity index (χ3v) is 1.26. The molecule has 0 aliphatic heterocycles. The van der Waals surface area contributed by atoms with Gasteiger partial charge in [-0.25, -0.2) is 4.79 Å². The molecule has 0 atom stereocenters. The Labute approximate surface area is 91.4 Å². The molecule has 0 amide bonds. The summed E-state index contributed by atoms with van der Waals surface area (Å²) in [4.78, 5) is 10.7. The first-order chi connectivity index (χ1) is 5.31. The summed E-state index contributed by atoms with van der Waals surface area (Å²) in [6.07, 6.45) is 6.62. The average Bonchev–Trinajstić information content (AvgIpc) is 1.99. The van der Waals surface area contributed by atoms with Gasteiger partial charge >= 0.3 is 5.97 Å². The van der Waals surface area contributed by atoms with Crippen molar-refractivity contribution >= 4 is 29.9 Å². The number of carbonyl (C=O) groups is 1. The van der Waals surface area contributed by atoms with E-state index in [9.17, 15) is 4.79 Å². The molecule has 3 heteroatoms. The van der Waals surface area contributed by atoms with Crippen LogP contribution in [0.25, 0.3) is 0 Å².